The quantitative estimate of drug-likeness (QED) is 0.629. The van der Waals surface area contributed by atoms with Gasteiger partial charge in [0.1, 0.15) is 0 Å². The van der Waals surface area contributed by atoms with Gasteiger partial charge >= 0.3 is 0 Å². The molecule has 1 fully saturated rings. The number of hydrogen-bond donors (Lipinski definition) is 0. The second-order valence-electron chi connectivity index (χ2n) is 5.92. The second kappa shape index (κ2) is 4.78. The minimum Gasteiger partial charge on any atom is -0.275 e. The van der Waals surface area contributed by atoms with Crippen molar-refractivity contribution in [2.45, 2.75) is 26.1 Å². The molecule has 4 nitrogen and oxygen atoms in total. The molecular weight excluding hydrogens is 276 g/mol. The Morgan fingerprint density at radius 2 is 1.41 bits per heavy atom. The molecule has 0 N–H and O–H groups in total. The van der Waals surface area contributed by atoms with Crippen molar-refractivity contribution in [3.8, 4) is 0 Å². The standard InChI is InChI=1S/C18H16N2O2/c1-12-6-8-15(9-7-12)20-17(21)16(18(20)22)19-10-13-4-2-3-5-14(13)11-19/h2-9,16H,10-11H2,1H3. The highest BCUT2D eigenvalue weighted by Crippen LogP contribution is 2.32. The van der Waals surface area contributed by atoms with E-state index in [2.05, 4.69) is 12.1 Å². The second-order valence-corrected chi connectivity index (χ2v) is 5.92. The van der Waals surface area contributed by atoms with Crippen molar-refractivity contribution in [2.75, 3.05) is 4.90 Å². The van der Waals surface area contributed by atoms with Gasteiger partial charge in [0.05, 0.1) is 5.69 Å². The molecule has 1 saturated heterocycles. The van der Waals surface area contributed by atoms with E-state index in [1.54, 1.807) is 0 Å². The number of nitrogens with zero attached hydrogens (tertiary/aromatic N) is 2. The molecule has 2 heterocycles. The Morgan fingerprint density at radius 1 is 0.864 bits per heavy atom. The molecule has 4 heteroatoms. The van der Waals surface area contributed by atoms with Crippen LogP contribution in [-0.4, -0.2) is 22.8 Å². The van der Waals surface area contributed by atoms with Crippen molar-refractivity contribution in [3.63, 3.8) is 0 Å². The first kappa shape index (κ1) is 13.2. The Balaban J connectivity index is 1.54. The Hall–Kier alpha value is -2.46. The molecule has 0 aliphatic carbocycles. The largest absolute Gasteiger partial charge is 0.275 e. The van der Waals surface area contributed by atoms with E-state index >= 15 is 0 Å². The number of carbonyl (C=O) groups excluding carboxylic acids is 2. The van der Waals surface area contributed by atoms with Crippen LogP contribution in [0.5, 0.6) is 0 Å². The van der Waals surface area contributed by atoms with Crippen LogP contribution in [0.25, 0.3) is 0 Å². The minimum absolute atomic E-state index is 0.123. The molecule has 2 aliphatic heterocycles. The number of aryl methyl sites for hydroxylation is 1. The Bertz CT molecular complexity index is 726. The van der Waals surface area contributed by atoms with Crippen LogP contribution in [0.4, 0.5) is 5.69 Å². The summed E-state index contributed by atoms with van der Waals surface area (Å²) in [5.41, 5.74) is 4.18. The third-order valence-electron chi connectivity index (χ3n) is 4.43. The number of rotatable bonds is 2. The lowest BCUT2D eigenvalue weighted by Crippen LogP contribution is -2.67. The van der Waals surface area contributed by atoms with Crippen LogP contribution in [0.2, 0.25) is 0 Å². The first-order valence-corrected chi connectivity index (χ1v) is 7.40. The van der Waals surface area contributed by atoms with Gasteiger partial charge in [-0.05, 0) is 30.2 Å². The van der Waals surface area contributed by atoms with E-state index in [1.807, 2.05) is 48.2 Å². The first-order valence-electron chi connectivity index (χ1n) is 7.40. The van der Waals surface area contributed by atoms with Crippen LogP contribution in [0, 0.1) is 6.92 Å². The summed E-state index contributed by atoms with van der Waals surface area (Å²) >= 11 is 0. The van der Waals surface area contributed by atoms with Gasteiger partial charge in [-0.3, -0.25) is 14.5 Å². The van der Waals surface area contributed by atoms with Crippen molar-refractivity contribution in [2.24, 2.45) is 0 Å². The number of imide groups is 1. The number of β-lactam (4-membered cyclic amide) rings is 2. The maximum Gasteiger partial charge on any atom is 0.260 e. The fourth-order valence-corrected chi connectivity index (χ4v) is 3.20. The van der Waals surface area contributed by atoms with E-state index in [4.69, 9.17) is 0 Å². The SMILES string of the molecule is Cc1ccc(N2C(=O)C(N3Cc4ccccc4C3)C2=O)cc1. The smallest absolute Gasteiger partial charge is 0.260 e. The van der Waals surface area contributed by atoms with E-state index in [-0.39, 0.29) is 11.8 Å². The molecule has 0 aromatic heterocycles. The highest BCUT2D eigenvalue weighted by Gasteiger charge is 2.51. The molecule has 0 radical (unpaired) electrons. The lowest BCUT2D eigenvalue weighted by atomic mass is 10.0. The van der Waals surface area contributed by atoms with E-state index in [0.717, 1.165) is 5.56 Å². The average molecular weight is 292 g/mol. The number of hydrogen-bond acceptors (Lipinski definition) is 3. The van der Waals surface area contributed by atoms with Gasteiger partial charge in [0.2, 0.25) is 0 Å². The lowest BCUT2D eigenvalue weighted by Gasteiger charge is -2.40. The number of fused-ring (bicyclic) bond motifs is 1. The van der Waals surface area contributed by atoms with Crippen LogP contribution in [-0.2, 0) is 22.7 Å². The van der Waals surface area contributed by atoms with Crippen LogP contribution < -0.4 is 4.90 Å². The zero-order chi connectivity index (χ0) is 15.3. The van der Waals surface area contributed by atoms with Gasteiger partial charge in [-0.2, -0.15) is 0 Å². The van der Waals surface area contributed by atoms with Gasteiger partial charge in [-0.25, -0.2) is 4.90 Å². The van der Waals surface area contributed by atoms with Crippen molar-refractivity contribution in [1.29, 1.82) is 0 Å². The van der Waals surface area contributed by atoms with Crippen LogP contribution in [0.1, 0.15) is 16.7 Å². The highest BCUT2D eigenvalue weighted by molar-refractivity contribution is 6.36. The predicted octanol–water partition coefficient (Wildman–Crippen LogP) is 2.25. The fourth-order valence-electron chi connectivity index (χ4n) is 3.20. The number of benzene rings is 2. The summed E-state index contributed by atoms with van der Waals surface area (Å²) in [7, 11) is 0. The molecule has 0 saturated carbocycles. The van der Waals surface area contributed by atoms with Crippen molar-refractivity contribution in [1.82, 2.24) is 4.90 Å². The molecule has 22 heavy (non-hydrogen) atoms. The molecule has 2 aromatic rings. The van der Waals surface area contributed by atoms with Crippen LogP contribution in [0.3, 0.4) is 0 Å². The Morgan fingerprint density at radius 3 is 1.95 bits per heavy atom. The van der Waals surface area contributed by atoms with Gasteiger partial charge in [0, 0.05) is 13.1 Å². The number of amides is 2. The molecule has 2 aliphatic rings. The predicted molar refractivity (Wildman–Crippen MR) is 83.1 cm³/mol. The van der Waals surface area contributed by atoms with Gasteiger partial charge in [-0.15, -0.1) is 0 Å². The molecular formula is C18H16N2O2. The van der Waals surface area contributed by atoms with E-state index in [0.29, 0.717) is 18.8 Å². The lowest BCUT2D eigenvalue weighted by molar-refractivity contribution is -0.145. The number of carbonyl (C=O) groups is 2. The fraction of sp³-hybridized carbons (Fsp3) is 0.222. The zero-order valence-corrected chi connectivity index (χ0v) is 12.3. The van der Waals surface area contributed by atoms with Gasteiger partial charge in [-0.1, -0.05) is 42.0 Å². The maximum atomic E-state index is 12.5. The number of anilines is 1. The van der Waals surface area contributed by atoms with Gasteiger partial charge in [0.25, 0.3) is 11.8 Å². The summed E-state index contributed by atoms with van der Waals surface area (Å²) in [6, 6.07) is 14.9. The summed E-state index contributed by atoms with van der Waals surface area (Å²) < 4.78 is 0. The van der Waals surface area contributed by atoms with Gasteiger partial charge < -0.3 is 0 Å². The molecule has 0 unspecified atom stereocenters. The van der Waals surface area contributed by atoms with Crippen LogP contribution in [0.15, 0.2) is 48.5 Å². The summed E-state index contributed by atoms with van der Waals surface area (Å²) in [5.74, 6) is -0.247. The first-order chi connectivity index (χ1) is 10.6. The summed E-state index contributed by atoms with van der Waals surface area (Å²) in [4.78, 5) is 28.2. The molecule has 0 spiro atoms. The maximum absolute atomic E-state index is 12.5. The third kappa shape index (κ3) is 1.88. The Labute approximate surface area is 129 Å². The average Bonchev–Trinajstić information content (AvgIpc) is 2.92. The van der Waals surface area contributed by atoms with Crippen LogP contribution >= 0.6 is 0 Å². The molecule has 0 atom stereocenters. The highest BCUT2D eigenvalue weighted by atomic mass is 16.2. The molecule has 110 valence electrons. The van der Waals surface area contributed by atoms with E-state index in [9.17, 15) is 9.59 Å². The normalized spacial score (nSPS) is 18.5. The van der Waals surface area contributed by atoms with Gasteiger partial charge in [0.15, 0.2) is 6.04 Å². The van der Waals surface area contributed by atoms with Crippen molar-refractivity contribution in [3.05, 3.63) is 65.2 Å². The summed E-state index contributed by atoms with van der Waals surface area (Å²) in [6.45, 7) is 3.31. The topological polar surface area (TPSA) is 40.6 Å². The minimum atomic E-state index is -0.631. The monoisotopic (exact) mass is 292 g/mol. The van der Waals surface area contributed by atoms with Crippen molar-refractivity contribution < 1.29 is 9.59 Å². The molecule has 2 amide bonds. The van der Waals surface area contributed by atoms with Crippen molar-refractivity contribution >= 4 is 17.5 Å². The molecule has 2 aromatic carbocycles. The molecule has 4 rings (SSSR count). The zero-order valence-electron chi connectivity index (χ0n) is 12.3. The van der Waals surface area contributed by atoms with E-state index in [1.165, 1.54) is 16.0 Å². The summed E-state index contributed by atoms with van der Waals surface area (Å²) in [6.07, 6.45) is 0. The van der Waals surface area contributed by atoms with E-state index < -0.39 is 6.04 Å². The Kier molecular flexibility index (Phi) is 2.87. The third-order valence-corrected chi connectivity index (χ3v) is 4.43. The molecule has 0 bridgehead atoms. The summed E-state index contributed by atoms with van der Waals surface area (Å²) in [5, 5.41) is 0.